The molecule has 0 aromatic heterocycles. The molecule has 4 nitrogen and oxygen atoms in total. The lowest BCUT2D eigenvalue weighted by Gasteiger charge is -2.24. The lowest BCUT2D eigenvalue weighted by atomic mass is 10.2. The molecule has 0 unspecified atom stereocenters. The highest BCUT2D eigenvalue weighted by atomic mass is 79.9. The Morgan fingerprint density at radius 1 is 1.25 bits per heavy atom. The first-order valence-corrected chi connectivity index (χ1v) is 7.56. The normalized spacial score (nSPS) is 10.7. The molecule has 1 rings (SSSR count). The summed E-state index contributed by atoms with van der Waals surface area (Å²) in [5, 5.41) is 0. The van der Waals surface area contributed by atoms with Crippen molar-refractivity contribution in [3.63, 3.8) is 0 Å². The third-order valence-corrected chi connectivity index (χ3v) is 3.69. The molecule has 0 atom stereocenters. The van der Waals surface area contributed by atoms with Crippen molar-refractivity contribution in [3.8, 4) is 5.75 Å². The van der Waals surface area contributed by atoms with Crippen molar-refractivity contribution >= 4 is 21.8 Å². The van der Waals surface area contributed by atoms with E-state index in [1.165, 1.54) is 0 Å². The van der Waals surface area contributed by atoms with Gasteiger partial charge in [0.25, 0.3) is 5.91 Å². The van der Waals surface area contributed by atoms with E-state index in [0.29, 0.717) is 11.3 Å². The van der Waals surface area contributed by atoms with Crippen molar-refractivity contribution in [1.29, 1.82) is 0 Å². The van der Waals surface area contributed by atoms with Gasteiger partial charge < -0.3 is 14.5 Å². The predicted molar refractivity (Wildman–Crippen MR) is 85.4 cm³/mol. The highest BCUT2D eigenvalue weighted by molar-refractivity contribution is 9.10. The fourth-order valence-corrected chi connectivity index (χ4v) is 2.29. The molecule has 1 amide bonds. The maximum atomic E-state index is 12.7. The first kappa shape index (κ1) is 17.0. The Hall–Kier alpha value is -1.07. The molecule has 0 spiro atoms. The Kier molecular flexibility index (Phi) is 7.02. The van der Waals surface area contributed by atoms with E-state index in [-0.39, 0.29) is 5.91 Å². The number of benzene rings is 1. The van der Waals surface area contributed by atoms with Crippen LogP contribution in [-0.4, -0.2) is 56.5 Å². The number of likely N-dealkylation sites (N-methyl/N-ethyl adjacent to an activating group) is 1. The Bertz CT molecular complexity index is 449. The lowest BCUT2D eigenvalue weighted by molar-refractivity contribution is 0.0743. The van der Waals surface area contributed by atoms with Gasteiger partial charge >= 0.3 is 0 Å². The zero-order valence-electron chi connectivity index (χ0n) is 12.6. The van der Waals surface area contributed by atoms with E-state index in [2.05, 4.69) is 27.8 Å². The molecule has 112 valence electrons. The van der Waals surface area contributed by atoms with Gasteiger partial charge in [-0.2, -0.15) is 0 Å². The van der Waals surface area contributed by atoms with Gasteiger partial charge in [0.2, 0.25) is 0 Å². The lowest BCUT2D eigenvalue weighted by Crippen LogP contribution is -2.37. The van der Waals surface area contributed by atoms with E-state index in [1.54, 1.807) is 13.2 Å². The molecule has 0 aliphatic carbocycles. The van der Waals surface area contributed by atoms with Gasteiger partial charge in [0.05, 0.1) is 12.7 Å². The molecule has 0 fully saturated rings. The van der Waals surface area contributed by atoms with Crippen LogP contribution in [0.1, 0.15) is 23.7 Å². The van der Waals surface area contributed by atoms with Gasteiger partial charge in [-0.25, -0.2) is 0 Å². The van der Waals surface area contributed by atoms with Crippen LogP contribution < -0.4 is 4.74 Å². The minimum atomic E-state index is 0.0412. The van der Waals surface area contributed by atoms with Gasteiger partial charge in [0, 0.05) is 24.1 Å². The van der Waals surface area contributed by atoms with Crippen LogP contribution in [0.3, 0.4) is 0 Å². The molecule has 0 saturated carbocycles. The largest absolute Gasteiger partial charge is 0.497 e. The Balaban J connectivity index is 2.93. The van der Waals surface area contributed by atoms with Gasteiger partial charge in [0.15, 0.2) is 0 Å². The molecule has 0 N–H and O–H groups in total. The number of halogens is 1. The van der Waals surface area contributed by atoms with Crippen LogP contribution in [0.25, 0.3) is 0 Å². The highest BCUT2D eigenvalue weighted by Crippen LogP contribution is 2.24. The Morgan fingerprint density at radius 2 is 1.95 bits per heavy atom. The number of carbonyl (C=O) groups excluding carboxylic acids is 1. The molecule has 0 heterocycles. The minimum Gasteiger partial charge on any atom is -0.497 e. The topological polar surface area (TPSA) is 32.8 Å². The van der Waals surface area contributed by atoms with Crippen LogP contribution in [0, 0.1) is 0 Å². The van der Waals surface area contributed by atoms with Crippen LogP contribution in [0.4, 0.5) is 0 Å². The second-order valence-corrected chi connectivity index (χ2v) is 5.80. The van der Waals surface area contributed by atoms with E-state index in [9.17, 15) is 4.79 Å². The first-order chi connectivity index (χ1) is 9.49. The number of rotatable bonds is 7. The van der Waals surface area contributed by atoms with Crippen molar-refractivity contribution in [2.45, 2.75) is 13.3 Å². The molecule has 0 radical (unpaired) electrons. The van der Waals surface area contributed by atoms with Crippen molar-refractivity contribution in [2.24, 2.45) is 0 Å². The number of hydrogen-bond acceptors (Lipinski definition) is 3. The second kappa shape index (κ2) is 8.27. The van der Waals surface area contributed by atoms with E-state index >= 15 is 0 Å². The summed E-state index contributed by atoms with van der Waals surface area (Å²) in [6, 6.07) is 5.47. The average molecular weight is 343 g/mol. The highest BCUT2D eigenvalue weighted by Gasteiger charge is 2.18. The molecule has 0 bridgehead atoms. The summed E-state index contributed by atoms with van der Waals surface area (Å²) in [5.74, 6) is 0.736. The predicted octanol–water partition coefficient (Wildman–Crippen LogP) is 2.87. The Morgan fingerprint density at radius 3 is 2.50 bits per heavy atom. The number of nitrogens with zero attached hydrogens (tertiary/aromatic N) is 2. The fourth-order valence-electron chi connectivity index (χ4n) is 1.87. The van der Waals surface area contributed by atoms with Crippen LogP contribution in [0.2, 0.25) is 0 Å². The summed E-state index contributed by atoms with van der Waals surface area (Å²) in [6.07, 6.45) is 0.945. The molecule has 1 aromatic rings. The quantitative estimate of drug-likeness (QED) is 0.763. The summed E-state index contributed by atoms with van der Waals surface area (Å²) >= 11 is 3.45. The van der Waals surface area contributed by atoms with E-state index < -0.39 is 0 Å². The van der Waals surface area contributed by atoms with Gasteiger partial charge in [-0.15, -0.1) is 0 Å². The van der Waals surface area contributed by atoms with Crippen LogP contribution in [-0.2, 0) is 0 Å². The molecule has 0 saturated heterocycles. The smallest absolute Gasteiger partial charge is 0.255 e. The minimum absolute atomic E-state index is 0.0412. The molecule has 1 aromatic carbocycles. The van der Waals surface area contributed by atoms with Gasteiger partial charge in [0.1, 0.15) is 5.75 Å². The zero-order chi connectivity index (χ0) is 15.1. The van der Waals surface area contributed by atoms with Crippen molar-refractivity contribution in [2.75, 3.05) is 40.8 Å². The summed E-state index contributed by atoms with van der Waals surface area (Å²) < 4.78 is 6.00. The van der Waals surface area contributed by atoms with Gasteiger partial charge in [-0.3, -0.25) is 4.79 Å². The third-order valence-electron chi connectivity index (χ3n) is 3.00. The summed E-state index contributed by atoms with van der Waals surface area (Å²) in [4.78, 5) is 16.6. The monoisotopic (exact) mass is 342 g/mol. The van der Waals surface area contributed by atoms with Crippen molar-refractivity contribution in [1.82, 2.24) is 9.80 Å². The van der Waals surface area contributed by atoms with Crippen LogP contribution >= 0.6 is 15.9 Å². The van der Waals surface area contributed by atoms with E-state index in [1.807, 2.05) is 31.1 Å². The second-order valence-electron chi connectivity index (χ2n) is 4.94. The first-order valence-electron chi connectivity index (χ1n) is 6.77. The number of methoxy groups -OCH3 is 1. The number of carbonyl (C=O) groups is 1. The van der Waals surface area contributed by atoms with Gasteiger partial charge in [-0.05, 0) is 54.6 Å². The van der Waals surface area contributed by atoms with Gasteiger partial charge in [-0.1, -0.05) is 6.92 Å². The molecular weight excluding hydrogens is 320 g/mol. The standard InChI is InChI=1S/C15H23BrN2O2/c1-5-8-18(10-9-17(2)3)15(19)13-11-12(20-4)6-7-14(13)16/h6-7,11H,5,8-10H2,1-4H3. The third kappa shape index (κ3) is 4.80. The number of hydrogen-bond donors (Lipinski definition) is 0. The van der Waals surface area contributed by atoms with Crippen molar-refractivity contribution < 1.29 is 9.53 Å². The maximum Gasteiger partial charge on any atom is 0.255 e. The summed E-state index contributed by atoms with van der Waals surface area (Å²) in [5.41, 5.74) is 0.650. The van der Waals surface area contributed by atoms with E-state index in [0.717, 1.165) is 30.5 Å². The fraction of sp³-hybridized carbons (Fsp3) is 0.533. The van der Waals surface area contributed by atoms with Crippen LogP contribution in [0.15, 0.2) is 22.7 Å². The summed E-state index contributed by atoms with van der Waals surface area (Å²) in [6.45, 7) is 4.42. The summed E-state index contributed by atoms with van der Waals surface area (Å²) in [7, 11) is 5.62. The molecule has 20 heavy (non-hydrogen) atoms. The number of ether oxygens (including phenoxy) is 1. The van der Waals surface area contributed by atoms with Crippen LogP contribution in [0.5, 0.6) is 5.75 Å². The zero-order valence-corrected chi connectivity index (χ0v) is 14.2. The number of amides is 1. The molecular formula is C15H23BrN2O2. The Labute approximate surface area is 129 Å². The SMILES string of the molecule is CCCN(CCN(C)C)C(=O)c1cc(OC)ccc1Br. The van der Waals surface area contributed by atoms with Crippen molar-refractivity contribution in [3.05, 3.63) is 28.2 Å². The molecule has 5 heteroatoms. The molecule has 0 aliphatic rings. The average Bonchev–Trinajstić information content (AvgIpc) is 2.43. The maximum absolute atomic E-state index is 12.7. The van der Waals surface area contributed by atoms with E-state index in [4.69, 9.17) is 4.74 Å². The molecule has 0 aliphatic heterocycles.